The van der Waals surface area contributed by atoms with Crippen LogP contribution >= 0.6 is 0 Å². The van der Waals surface area contributed by atoms with Crippen LogP contribution in [0.25, 0.3) is 22.4 Å². The fourth-order valence-corrected chi connectivity index (χ4v) is 3.80. The number of aryl methyl sites for hydroxylation is 1. The number of ether oxygens (including phenoxy) is 1. The Balaban J connectivity index is 1.81. The van der Waals surface area contributed by atoms with Crippen LogP contribution in [0, 0.1) is 5.82 Å². The summed E-state index contributed by atoms with van der Waals surface area (Å²) in [7, 11) is 3.28. The Kier molecular flexibility index (Phi) is 4.30. The topological polar surface area (TPSA) is 60.2 Å². The number of carbonyl (C=O) groups excluding carboxylic acids is 1. The fraction of sp³-hybridized carbons (Fsp3) is 0.350. The van der Waals surface area contributed by atoms with Crippen molar-refractivity contribution in [2.75, 3.05) is 18.6 Å². The number of imidazole rings is 1. The third kappa shape index (κ3) is 2.74. The molecule has 0 bridgehead atoms. The van der Waals surface area contributed by atoms with Crippen LogP contribution in [-0.4, -0.2) is 40.5 Å². The number of pyridine rings is 1. The maximum Gasteiger partial charge on any atom is 0.161 e. The van der Waals surface area contributed by atoms with E-state index in [1.165, 1.54) is 26.0 Å². The highest BCUT2D eigenvalue weighted by Gasteiger charge is 2.23. The number of hydrogen-bond donors (Lipinski definition) is 0. The van der Waals surface area contributed by atoms with Crippen molar-refractivity contribution in [3.05, 3.63) is 35.8 Å². The van der Waals surface area contributed by atoms with Crippen molar-refractivity contribution in [2.24, 2.45) is 7.05 Å². The van der Waals surface area contributed by atoms with Gasteiger partial charge in [-0.1, -0.05) is 0 Å². The minimum atomic E-state index is -0.641. The molecule has 1 fully saturated rings. The predicted octanol–water partition coefficient (Wildman–Crippen LogP) is 3.58. The second-order valence-corrected chi connectivity index (χ2v) is 6.88. The maximum absolute atomic E-state index is 14.6. The molecule has 2 aromatic heterocycles. The average Bonchev–Trinajstić information content (AvgIpc) is 3.26. The van der Waals surface area contributed by atoms with Crippen LogP contribution in [0.5, 0.6) is 5.75 Å². The van der Waals surface area contributed by atoms with E-state index in [1.54, 1.807) is 17.8 Å². The summed E-state index contributed by atoms with van der Waals surface area (Å²) in [5.74, 6) is 1.27. The summed E-state index contributed by atoms with van der Waals surface area (Å²) in [6.07, 6.45) is 4.58. The lowest BCUT2D eigenvalue weighted by Gasteiger charge is -2.22. The lowest BCUT2D eigenvalue weighted by molar-refractivity contribution is 0.111. The molecule has 3 aromatic rings. The molecule has 3 heterocycles. The quantitative estimate of drug-likeness (QED) is 0.659. The molecule has 140 valence electrons. The lowest BCUT2D eigenvalue weighted by atomic mass is 10.2. The van der Waals surface area contributed by atoms with E-state index in [4.69, 9.17) is 4.74 Å². The first-order valence-electron chi connectivity index (χ1n) is 8.96. The Morgan fingerprint density at radius 1 is 1.37 bits per heavy atom. The standard InChI is InChI=1S/C20H21FN4O2/c1-12-5-4-8-25(12)16-7-6-13(10-22-16)20-23-18-17(21)14(11-26)9-15(27-3)19(18)24(20)2/h6-7,9-12H,4-5,8H2,1-3H3. The van der Waals surface area contributed by atoms with Crippen LogP contribution in [0.15, 0.2) is 24.4 Å². The van der Waals surface area contributed by atoms with Crippen LogP contribution in [0.2, 0.25) is 0 Å². The minimum absolute atomic E-state index is 0.0690. The third-order valence-electron chi connectivity index (χ3n) is 5.28. The Morgan fingerprint density at radius 2 is 2.19 bits per heavy atom. The number of benzene rings is 1. The van der Waals surface area contributed by atoms with E-state index >= 15 is 0 Å². The van der Waals surface area contributed by atoms with Gasteiger partial charge in [0, 0.05) is 31.4 Å². The summed E-state index contributed by atoms with van der Waals surface area (Å²) in [5.41, 5.74) is 1.33. The monoisotopic (exact) mass is 368 g/mol. The van der Waals surface area contributed by atoms with Gasteiger partial charge in [-0.2, -0.15) is 0 Å². The molecule has 1 aromatic carbocycles. The number of methoxy groups -OCH3 is 1. The molecule has 4 rings (SSSR count). The van der Waals surface area contributed by atoms with Crippen molar-refractivity contribution in [3.63, 3.8) is 0 Å². The van der Waals surface area contributed by atoms with Crippen molar-refractivity contribution in [1.82, 2.24) is 14.5 Å². The molecule has 0 radical (unpaired) electrons. The van der Waals surface area contributed by atoms with Gasteiger partial charge in [0.2, 0.25) is 0 Å². The highest BCUT2D eigenvalue weighted by Crippen LogP contribution is 2.34. The first kappa shape index (κ1) is 17.5. The number of anilines is 1. The Labute approximate surface area is 156 Å². The molecule has 0 amide bonds. The lowest BCUT2D eigenvalue weighted by Crippen LogP contribution is -2.26. The number of fused-ring (bicyclic) bond motifs is 1. The summed E-state index contributed by atoms with van der Waals surface area (Å²) in [4.78, 5) is 22.5. The van der Waals surface area contributed by atoms with E-state index in [0.717, 1.165) is 17.9 Å². The summed E-state index contributed by atoms with van der Waals surface area (Å²) in [6, 6.07) is 5.80. The highest BCUT2D eigenvalue weighted by atomic mass is 19.1. The number of aldehydes is 1. The summed E-state index contributed by atoms with van der Waals surface area (Å²) in [5, 5.41) is 0. The molecule has 1 aliphatic heterocycles. The van der Waals surface area contributed by atoms with Crippen LogP contribution in [0.1, 0.15) is 30.1 Å². The molecule has 0 saturated carbocycles. The molecule has 0 spiro atoms. The third-order valence-corrected chi connectivity index (χ3v) is 5.28. The van der Waals surface area contributed by atoms with E-state index < -0.39 is 5.82 Å². The van der Waals surface area contributed by atoms with E-state index in [-0.39, 0.29) is 11.1 Å². The molecule has 27 heavy (non-hydrogen) atoms. The van der Waals surface area contributed by atoms with E-state index in [1.807, 2.05) is 12.1 Å². The van der Waals surface area contributed by atoms with Gasteiger partial charge in [-0.15, -0.1) is 0 Å². The van der Waals surface area contributed by atoms with Crippen molar-refractivity contribution < 1.29 is 13.9 Å². The van der Waals surface area contributed by atoms with Crippen molar-refractivity contribution in [2.45, 2.75) is 25.8 Å². The van der Waals surface area contributed by atoms with Gasteiger partial charge in [0.15, 0.2) is 12.1 Å². The highest BCUT2D eigenvalue weighted by molar-refractivity contribution is 5.92. The Morgan fingerprint density at radius 3 is 2.78 bits per heavy atom. The molecular weight excluding hydrogens is 347 g/mol. The minimum Gasteiger partial charge on any atom is -0.494 e. The van der Waals surface area contributed by atoms with Crippen LogP contribution in [-0.2, 0) is 7.05 Å². The molecule has 1 unspecified atom stereocenters. The normalized spacial score (nSPS) is 16.9. The SMILES string of the molecule is COc1cc(C=O)c(F)c2nc(-c3ccc(N4CCCC4C)nc3)n(C)c12. The number of carbonyl (C=O) groups is 1. The second kappa shape index (κ2) is 6.64. The van der Waals surface area contributed by atoms with Gasteiger partial charge in [0.05, 0.1) is 12.7 Å². The maximum atomic E-state index is 14.6. The molecule has 6 nitrogen and oxygen atoms in total. The predicted molar refractivity (Wildman–Crippen MR) is 102 cm³/mol. The molecule has 1 saturated heterocycles. The zero-order chi connectivity index (χ0) is 19.1. The number of nitrogens with zero attached hydrogens (tertiary/aromatic N) is 4. The van der Waals surface area contributed by atoms with E-state index in [2.05, 4.69) is 21.8 Å². The van der Waals surface area contributed by atoms with Gasteiger partial charge >= 0.3 is 0 Å². The number of rotatable bonds is 4. The zero-order valence-electron chi connectivity index (χ0n) is 15.6. The molecule has 0 N–H and O–H groups in total. The summed E-state index contributed by atoms with van der Waals surface area (Å²) < 4.78 is 21.7. The van der Waals surface area contributed by atoms with Gasteiger partial charge in [-0.25, -0.2) is 14.4 Å². The van der Waals surface area contributed by atoms with Gasteiger partial charge in [-0.05, 0) is 38.0 Å². The van der Waals surface area contributed by atoms with E-state index in [9.17, 15) is 9.18 Å². The first-order chi connectivity index (χ1) is 13.0. The second-order valence-electron chi connectivity index (χ2n) is 6.88. The van der Waals surface area contributed by atoms with Crippen LogP contribution in [0.4, 0.5) is 10.2 Å². The van der Waals surface area contributed by atoms with Crippen molar-refractivity contribution in [3.8, 4) is 17.1 Å². The molecular formula is C20H21FN4O2. The fourth-order valence-electron chi connectivity index (χ4n) is 3.80. The first-order valence-corrected chi connectivity index (χ1v) is 8.96. The molecule has 0 aliphatic carbocycles. The zero-order valence-corrected chi connectivity index (χ0v) is 15.6. The molecule has 7 heteroatoms. The smallest absolute Gasteiger partial charge is 0.161 e. The van der Waals surface area contributed by atoms with Gasteiger partial charge in [0.1, 0.15) is 28.4 Å². The molecule has 1 atom stereocenters. The van der Waals surface area contributed by atoms with Crippen molar-refractivity contribution >= 4 is 23.1 Å². The van der Waals surface area contributed by atoms with Gasteiger partial charge < -0.3 is 14.2 Å². The molecule has 1 aliphatic rings. The van der Waals surface area contributed by atoms with E-state index in [0.29, 0.717) is 29.4 Å². The average molecular weight is 368 g/mol. The number of aromatic nitrogens is 3. The van der Waals surface area contributed by atoms with Crippen LogP contribution < -0.4 is 9.64 Å². The number of halogens is 1. The summed E-state index contributed by atoms with van der Waals surface area (Å²) in [6.45, 7) is 3.21. The van der Waals surface area contributed by atoms with Crippen LogP contribution in [0.3, 0.4) is 0 Å². The number of hydrogen-bond acceptors (Lipinski definition) is 5. The Bertz CT molecular complexity index is 1010. The largest absolute Gasteiger partial charge is 0.494 e. The van der Waals surface area contributed by atoms with Crippen molar-refractivity contribution in [1.29, 1.82) is 0 Å². The Hall–Kier alpha value is -2.96. The van der Waals surface area contributed by atoms with Gasteiger partial charge in [-0.3, -0.25) is 4.79 Å². The summed E-state index contributed by atoms with van der Waals surface area (Å²) >= 11 is 0. The van der Waals surface area contributed by atoms with Gasteiger partial charge in [0.25, 0.3) is 0 Å².